The van der Waals surface area contributed by atoms with Gasteiger partial charge in [-0.25, -0.2) is 9.59 Å². The molecule has 6 nitrogen and oxygen atoms in total. The average molecular weight is 184 g/mol. The molecule has 0 radical (unpaired) electrons. The van der Waals surface area contributed by atoms with Gasteiger partial charge in [0, 0.05) is 18.5 Å². The fourth-order valence-electron chi connectivity index (χ4n) is 1.73. The number of amides is 4. The van der Waals surface area contributed by atoms with Crippen LogP contribution in [-0.2, 0) is 0 Å². The van der Waals surface area contributed by atoms with E-state index >= 15 is 0 Å². The number of rotatable bonds is 0. The normalized spacial score (nSPS) is 37.8. The third-order valence-corrected chi connectivity index (χ3v) is 2.50. The molecule has 0 aromatic carbocycles. The number of carbonyl (C=O) groups is 2. The number of hydrogen-bond donors (Lipinski definition) is 4. The highest BCUT2D eigenvalue weighted by molar-refractivity contribution is 5.79. The summed E-state index contributed by atoms with van der Waals surface area (Å²) in [5.74, 6) is 0.204. The predicted molar refractivity (Wildman–Crippen MR) is 44.9 cm³/mol. The summed E-state index contributed by atoms with van der Waals surface area (Å²) in [7, 11) is 0. The van der Waals surface area contributed by atoms with Crippen LogP contribution in [0.25, 0.3) is 0 Å². The Morgan fingerprint density at radius 1 is 1.15 bits per heavy atom. The molecule has 0 bridgehead atoms. The van der Waals surface area contributed by atoms with Crippen molar-refractivity contribution in [2.75, 3.05) is 6.54 Å². The van der Waals surface area contributed by atoms with E-state index in [2.05, 4.69) is 21.3 Å². The van der Waals surface area contributed by atoms with Crippen LogP contribution in [0, 0.1) is 5.92 Å². The summed E-state index contributed by atoms with van der Waals surface area (Å²) >= 11 is 0. The van der Waals surface area contributed by atoms with E-state index in [0.717, 1.165) is 0 Å². The Morgan fingerprint density at radius 2 is 1.85 bits per heavy atom. The first-order valence-corrected chi connectivity index (χ1v) is 4.28. The van der Waals surface area contributed by atoms with E-state index < -0.39 is 0 Å². The molecular weight excluding hydrogens is 172 g/mol. The van der Waals surface area contributed by atoms with Crippen LogP contribution < -0.4 is 21.3 Å². The highest BCUT2D eigenvalue weighted by atomic mass is 16.2. The minimum atomic E-state index is -0.238. The third kappa shape index (κ3) is 1.39. The van der Waals surface area contributed by atoms with E-state index in [4.69, 9.17) is 0 Å². The molecule has 0 saturated carbocycles. The van der Waals surface area contributed by atoms with Crippen molar-refractivity contribution in [2.24, 2.45) is 5.92 Å². The van der Waals surface area contributed by atoms with Crippen molar-refractivity contribution in [1.82, 2.24) is 21.3 Å². The summed E-state index contributed by atoms with van der Waals surface area (Å²) in [6.07, 6.45) is -0.238. The van der Waals surface area contributed by atoms with Gasteiger partial charge < -0.3 is 21.3 Å². The molecule has 6 heteroatoms. The van der Waals surface area contributed by atoms with E-state index in [1.54, 1.807) is 0 Å². The van der Waals surface area contributed by atoms with Gasteiger partial charge in [0.2, 0.25) is 0 Å². The quantitative estimate of drug-likeness (QED) is 0.387. The van der Waals surface area contributed by atoms with Crippen LogP contribution in [0.5, 0.6) is 0 Å². The van der Waals surface area contributed by atoms with Crippen LogP contribution in [0.2, 0.25) is 0 Å². The molecule has 72 valence electrons. The Morgan fingerprint density at radius 3 is 2.62 bits per heavy atom. The lowest BCUT2D eigenvalue weighted by Gasteiger charge is -2.40. The number of hydrogen-bond acceptors (Lipinski definition) is 2. The fourth-order valence-corrected chi connectivity index (χ4v) is 1.73. The number of carbonyl (C=O) groups excluding carboxylic acids is 2. The first-order chi connectivity index (χ1) is 6.16. The van der Waals surface area contributed by atoms with Gasteiger partial charge in [-0.2, -0.15) is 0 Å². The van der Waals surface area contributed by atoms with E-state index in [1.807, 2.05) is 6.92 Å². The van der Waals surface area contributed by atoms with Gasteiger partial charge in [0.25, 0.3) is 0 Å². The van der Waals surface area contributed by atoms with Crippen LogP contribution in [0.3, 0.4) is 0 Å². The van der Waals surface area contributed by atoms with Gasteiger partial charge in [0.05, 0.1) is 0 Å². The fraction of sp³-hybridized carbons (Fsp3) is 0.714. The number of urea groups is 2. The molecule has 2 aliphatic rings. The molecule has 13 heavy (non-hydrogen) atoms. The Kier molecular flexibility index (Phi) is 1.75. The SMILES string of the molecule is C[C@H]1NC(=O)N[C@H]2NC(=O)NC[C@H]21. The van der Waals surface area contributed by atoms with Crippen molar-refractivity contribution in [1.29, 1.82) is 0 Å². The van der Waals surface area contributed by atoms with Crippen molar-refractivity contribution in [3.05, 3.63) is 0 Å². The van der Waals surface area contributed by atoms with Gasteiger partial charge in [0.15, 0.2) is 0 Å². The molecule has 0 unspecified atom stereocenters. The first kappa shape index (κ1) is 8.15. The van der Waals surface area contributed by atoms with Gasteiger partial charge in [-0.3, -0.25) is 0 Å². The van der Waals surface area contributed by atoms with Crippen LogP contribution in [0.1, 0.15) is 6.92 Å². The Labute approximate surface area is 75.4 Å². The lowest BCUT2D eigenvalue weighted by Crippen LogP contribution is -2.71. The number of nitrogens with one attached hydrogen (secondary N) is 4. The second kappa shape index (κ2) is 2.79. The average Bonchev–Trinajstić information content (AvgIpc) is 2.02. The van der Waals surface area contributed by atoms with Crippen LogP contribution in [0.15, 0.2) is 0 Å². The summed E-state index contributed by atoms with van der Waals surface area (Å²) < 4.78 is 0. The molecule has 2 rings (SSSR count). The minimum absolute atomic E-state index is 0.0758. The van der Waals surface area contributed by atoms with Crippen LogP contribution >= 0.6 is 0 Å². The molecule has 2 aliphatic heterocycles. The van der Waals surface area contributed by atoms with Crippen molar-refractivity contribution in [3.63, 3.8) is 0 Å². The monoisotopic (exact) mass is 184 g/mol. The van der Waals surface area contributed by atoms with E-state index in [9.17, 15) is 9.59 Å². The van der Waals surface area contributed by atoms with Crippen LogP contribution in [0.4, 0.5) is 9.59 Å². The zero-order chi connectivity index (χ0) is 9.42. The lowest BCUT2D eigenvalue weighted by molar-refractivity contribution is 0.161. The molecule has 4 N–H and O–H groups in total. The topological polar surface area (TPSA) is 82.3 Å². The maximum atomic E-state index is 11.0. The lowest BCUT2D eigenvalue weighted by atomic mass is 9.94. The van der Waals surface area contributed by atoms with E-state index in [0.29, 0.717) is 6.54 Å². The molecular formula is C7H12N4O2. The molecule has 2 saturated heterocycles. The zero-order valence-electron chi connectivity index (χ0n) is 7.26. The third-order valence-electron chi connectivity index (χ3n) is 2.50. The molecule has 0 aromatic heterocycles. The summed E-state index contributed by atoms with van der Waals surface area (Å²) in [6, 6.07) is -0.376. The van der Waals surface area contributed by atoms with Crippen molar-refractivity contribution in [2.45, 2.75) is 19.1 Å². The number of fused-ring (bicyclic) bond motifs is 1. The maximum Gasteiger partial charge on any atom is 0.316 e. The Hall–Kier alpha value is -1.46. The summed E-state index contributed by atoms with van der Waals surface area (Å²) in [6.45, 7) is 2.51. The minimum Gasteiger partial charge on any atom is -0.338 e. The maximum absolute atomic E-state index is 11.0. The van der Waals surface area contributed by atoms with E-state index in [-0.39, 0.29) is 30.2 Å². The van der Waals surface area contributed by atoms with Gasteiger partial charge in [0.1, 0.15) is 6.17 Å². The molecule has 2 fully saturated rings. The first-order valence-electron chi connectivity index (χ1n) is 4.28. The molecule has 3 atom stereocenters. The molecule has 0 aromatic rings. The largest absolute Gasteiger partial charge is 0.338 e. The van der Waals surface area contributed by atoms with Crippen molar-refractivity contribution < 1.29 is 9.59 Å². The Balaban J connectivity index is 2.10. The van der Waals surface area contributed by atoms with Crippen molar-refractivity contribution in [3.8, 4) is 0 Å². The van der Waals surface area contributed by atoms with Gasteiger partial charge in [-0.15, -0.1) is 0 Å². The Bertz CT molecular complexity index is 253. The van der Waals surface area contributed by atoms with Gasteiger partial charge >= 0.3 is 12.1 Å². The second-order valence-corrected chi connectivity index (χ2v) is 3.40. The molecule has 2 heterocycles. The molecule has 4 amide bonds. The standard InChI is InChI=1S/C7H12N4O2/c1-3-4-2-8-6(12)10-5(4)11-7(13)9-3/h3-5H,2H2,1H3,(H2,8,10,12)(H2,9,11,13)/t3-,4+,5-/m1/s1. The van der Waals surface area contributed by atoms with Gasteiger partial charge in [-0.1, -0.05) is 0 Å². The second-order valence-electron chi connectivity index (χ2n) is 3.40. The van der Waals surface area contributed by atoms with Crippen molar-refractivity contribution >= 4 is 12.1 Å². The highest BCUT2D eigenvalue weighted by Crippen LogP contribution is 2.13. The summed E-state index contributed by atoms with van der Waals surface area (Å²) in [4.78, 5) is 22.0. The van der Waals surface area contributed by atoms with Gasteiger partial charge in [-0.05, 0) is 6.92 Å². The highest BCUT2D eigenvalue weighted by Gasteiger charge is 2.37. The zero-order valence-corrected chi connectivity index (χ0v) is 7.26. The smallest absolute Gasteiger partial charge is 0.316 e. The summed E-state index contributed by atoms with van der Waals surface area (Å²) in [5.41, 5.74) is 0. The van der Waals surface area contributed by atoms with E-state index in [1.165, 1.54) is 0 Å². The molecule has 0 aliphatic carbocycles. The predicted octanol–water partition coefficient (Wildman–Crippen LogP) is -1.06. The van der Waals surface area contributed by atoms with Crippen LogP contribution in [-0.4, -0.2) is 30.8 Å². The summed E-state index contributed by atoms with van der Waals surface area (Å²) in [5, 5.41) is 10.8. The molecule has 0 spiro atoms.